The van der Waals surface area contributed by atoms with Crippen molar-refractivity contribution in [2.24, 2.45) is 0 Å². The van der Waals surface area contributed by atoms with Gasteiger partial charge in [-0.2, -0.15) is 0 Å². The second-order valence-electron chi connectivity index (χ2n) is 4.73. The first-order valence-electron chi connectivity index (χ1n) is 5.43. The van der Waals surface area contributed by atoms with Crippen LogP contribution >= 0.6 is 0 Å². The second kappa shape index (κ2) is 3.23. The minimum Gasteiger partial charge on any atom is -0.535 e. The lowest BCUT2D eigenvalue weighted by atomic mass is 9.63. The van der Waals surface area contributed by atoms with Gasteiger partial charge in [0.05, 0.1) is 0 Å². The first kappa shape index (κ1) is 10.6. The summed E-state index contributed by atoms with van der Waals surface area (Å²) < 4.78 is 18.6. The van der Waals surface area contributed by atoms with Crippen LogP contribution in [0.5, 0.6) is 5.75 Å². The Morgan fingerprint density at radius 1 is 1.47 bits per heavy atom. The summed E-state index contributed by atoms with van der Waals surface area (Å²) >= 11 is 0. The first-order chi connectivity index (χ1) is 8.03. The number of carboxylic acid groups (broad SMARTS) is 1. The molecule has 1 spiro atoms. The molecule has 3 rings (SSSR count). The number of hydrogen-bond acceptors (Lipinski definition) is 3. The summed E-state index contributed by atoms with van der Waals surface area (Å²) in [5, 5.41) is 18.5. The van der Waals surface area contributed by atoms with Crippen molar-refractivity contribution in [1.82, 2.24) is 0 Å². The number of aromatic carboxylic acids is 1. The van der Waals surface area contributed by atoms with Gasteiger partial charge in [0.2, 0.25) is 0 Å². The van der Waals surface area contributed by atoms with E-state index in [1.807, 2.05) is 0 Å². The largest absolute Gasteiger partial charge is 0.535 e. The van der Waals surface area contributed by atoms with Crippen molar-refractivity contribution in [3.8, 4) is 5.75 Å². The Balaban J connectivity index is 2.13. The molecule has 17 heavy (non-hydrogen) atoms. The summed E-state index contributed by atoms with van der Waals surface area (Å²) in [5.74, 6) is -2.24. The molecule has 1 aliphatic heterocycles. The first-order valence-corrected chi connectivity index (χ1v) is 5.43. The Kier molecular flexibility index (Phi) is 2.01. The lowest BCUT2D eigenvalue weighted by Gasteiger charge is -2.28. The summed E-state index contributed by atoms with van der Waals surface area (Å²) in [6.07, 6.45) is 2.25. The average Bonchev–Trinajstić information content (AvgIpc) is 3.01. The maximum Gasteiger partial charge on any atom is 0.529 e. The van der Waals surface area contributed by atoms with Gasteiger partial charge in [0.1, 0.15) is 17.1 Å². The molecule has 1 fully saturated rings. The van der Waals surface area contributed by atoms with Crippen LogP contribution in [0.4, 0.5) is 4.39 Å². The van der Waals surface area contributed by atoms with Crippen molar-refractivity contribution in [2.45, 2.75) is 24.6 Å². The van der Waals surface area contributed by atoms with Gasteiger partial charge in [-0.15, -0.1) is 0 Å². The van der Waals surface area contributed by atoms with E-state index in [2.05, 4.69) is 0 Å². The predicted octanol–water partition coefficient (Wildman–Crippen LogP) is 1.47. The number of rotatable bonds is 1. The van der Waals surface area contributed by atoms with E-state index in [-0.39, 0.29) is 11.1 Å². The van der Waals surface area contributed by atoms with E-state index in [9.17, 15) is 14.2 Å². The zero-order valence-corrected chi connectivity index (χ0v) is 8.94. The molecule has 0 atom stereocenters. The van der Waals surface area contributed by atoms with E-state index in [1.165, 1.54) is 6.07 Å². The number of carboxylic acids is 1. The van der Waals surface area contributed by atoms with Crippen LogP contribution in [0.3, 0.4) is 0 Å². The van der Waals surface area contributed by atoms with Gasteiger partial charge in [0.25, 0.3) is 0 Å². The van der Waals surface area contributed by atoms with Crippen LogP contribution < -0.4 is 4.65 Å². The number of carbonyl (C=O) groups is 1. The molecule has 6 heteroatoms. The molecular formula is C11H10BFO4. The molecule has 0 unspecified atom stereocenters. The molecule has 0 saturated heterocycles. The lowest BCUT2D eigenvalue weighted by molar-refractivity contribution is 0.0689. The highest BCUT2D eigenvalue weighted by molar-refractivity contribution is 6.50. The number of fused-ring (bicyclic) bond motifs is 1. The third-order valence-electron chi connectivity index (χ3n) is 3.59. The van der Waals surface area contributed by atoms with E-state index >= 15 is 0 Å². The fraction of sp³-hybridized carbons (Fsp3) is 0.364. The highest BCUT2D eigenvalue weighted by atomic mass is 19.1. The quantitative estimate of drug-likeness (QED) is 0.724. The lowest BCUT2D eigenvalue weighted by Crippen LogP contribution is -2.36. The molecule has 0 radical (unpaired) electrons. The standard InChI is InChI=1S/C11H10BFO4/c13-7-2-1-6-5-11(3-4-11)12(16)17-9(6)8(7)10(14)15/h1-2,16H,3-5H2,(H,14,15). The smallest absolute Gasteiger partial charge is 0.529 e. The molecule has 0 bridgehead atoms. The Hall–Kier alpha value is -1.56. The molecule has 2 N–H and O–H groups in total. The normalized spacial score (nSPS) is 19.8. The van der Waals surface area contributed by atoms with E-state index in [4.69, 9.17) is 9.76 Å². The highest BCUT2D eigenvalue weighted by Gasteiger charge is 2.58. The Morgan fingerprint density at radius 3 is 2.76 bits per heavy atom. The fourth-order valence-corrected chi connectivity index (χ4v) is 2.36. The minimum atomic E-state index is -1.38. The Labute approximate surface area is 97.2 Å². The molecule has 1 heterocycles. The van der Waals surface area contributed by atoms with Crippen molar-refractivity contribution in [3.05, 3.63) is 29.1 Å². The summed E-state index contributed by atoms with van der Waals surface area (Å²) in [6.45, 7) is 0. The molecule has 0 amide bonds. The zero-order chi connectivity index (χ0) is 12.2. The zero-order valence-electron chi connectivity index (χ0n) is 8.94. The molecule has 2 aliphatic rings. The molecule has 1 aromatic carbocycles. The van der Waals surface area contributed by atoms with Gasteiger partial charge in [-0.3, -0.25) is 0 Å². The number of halogens is 1. The van der Waals surface area contributed by atoms with E-state index in [1.54, 1.807) is 0 Å². The Morgan fingerprint density at radius 2 is 2.18 bits per heavy atom. The third kappa shape index (κ3) is 1.44. The van der Waals surface area contributed by atoms with Crippen LogP contribution in [0.15, 0.2) is 12.1 Å². The van der Waals surface area contributed by atoms with E-state index < -0.39 is 24.5 Å². The van der Waals surface area contributed by atoms with Crippen LogP contribution in [0, 0.1) is 5.82 Å². The van der Waals surface area contributed by atoms with Gasteiger partial charge in [-0.1, -0.05) is 6.07 Å². The van der Waals surface area contributed by atoms with Crippen LogP contribution in [0.25, 0.3) is 0 Å². The summed E-state index contributed by atoms with van der Waals surface area (Å²) in [5.41, 5.74) is 0.170. The minimum absolute atomic E-state index is 0.0254. The second-order valence-corrected chi connectivity index (χ2v) is 4.73. The van der Waals surface area contributed by atoms with Gasteiger partial charge in [0.15, 0.2) is 0 Å². The molecule has 0 aromatic heterocycles. The van der Waals surface area contributed by atoms with E-state index in [0.29, 0.717) is 12.0 Å². The molecular weight excluding hydrogens is 226 g/mol. The SMILES string of the molecule is O=C(O)c1c(F)ccc2c1OB(O)C1(CC1)C2. The summed E-state index contributed by atoms with van der Waals surface area (Å²) in [4.78, 5) is 11.0. The highest BCUT2D eigenvalue weighted by Crippen LogP contribution is 2.61. The van der Waals surface area contributed by atoms with Crippen molar-refractivity contribution in [2.75, 3.05) is 0 Å². The number of hydrogen-bond donors (Lipinski definition) is 2. The third-order valence-corrected chi connectivity index (χ3v) is 3.59. The molecule has 1 saturated carbocycles. The van der Waals surface area contributed by atoms with Gasteiger partial charge in [-0.05, 0) is 30.9 Å². The Bertz CT molecular complexity index is 512. The van der Waals surface area contributed by atoms with Crippen molar-refractivity contribution in [1.29, 1.82) is 0 Å². The van der Waals surface area contributed by atoms with Gasteiger partial charge in [-0.25, -0.2) is 9.18 Å². The fourth-order valence-electron chi connectivity index (χ4n) is 2.36. The summed E-state index contributed by atoms with van der Waals surface area (Å²) in [7, 11) is -1.03. The average molecular weight is 236 g/mol. The van der Waals surface area contributed by atoms with Crippen LogP contribution in [0.2, 0.25) is 5.31 Å². The van der Waals surface area contributed by atoms with Crippen molar-refractivity contribution >= 4 is 13.1 Å². The molecule has 88 valence electrons. The van der Waals surface area contributed by atoms with Gasteiger partial charge >= 0.3 is 13.1 Å². The monoisotopic (exact) mass is 236 g/mol. The predicted molar refractivity (Wildman–Crippen MR) is 57.6 cm³/mol. The molecule has 1 aromatic rings. The van der Waals surface area contributed by atoms with Crippen molar-refractivity contribution < 1.29 is 24.0 Å². The van der Waals surface area contributed by atoms with Crippen LogP contribution in [-0.4, -0.2) is 23.2 Å². The summed E-state index contributed by atoms with van der Waals surface area (Å²) in [6, 6.07) is 2.67. The molecule has 4 nitrogen and oxygen atoms in total. The van der Waals surface area contributed by atoms with Gasteiger partial charge < -0.3 is 14.8 Å². The maximum atomic E-state index is 13.4. The van der Waals surface area contributed by atoms with Crippen LogP contribution in [0.1, 0.15) is 28.8 Å². The number of benzene rings is 1. The van der Waals surface area contributed by atoms with Crippen molar-refractivity contribution in [3.63, 3.8) is 0 Å². The molecule has 1 aliphatic carbocycles. The van der Waals surface area contributed by atoms with Gasteiger partial charge in [0, 0.05) is 5.31 Å². The topological polar surface area (TPSA) is 66.8 Å². The van der Waals surface area contributed by atoms with E-state index in [0.717, 1.165) is 18.9 Å². The van der Waals surface area contributed by atoms with Crippen LogP contribution in [-0.2, 0) is 6.42 Å². The maximum absolute atomic E-state index is 13.4.